The second-order valence-electron chi connectivity index (χ2n) is 10.6. The van der Waals surface area contributed by atoms with Crippen molar-refractivity contribution in [3.8, 4) is 5.75 Å². The van der Waals surface area contributed by atoms with Gasteiger partial charge in [0.1, 0.15) is 18.5 Å². The number of carboxylic acids is 1. The number of aromatic carboxylic acids is 1. The summed E-state index contributed by atoms with van der Waals surface area (Å²) < 4.78 is 12.3. The Balaban J connectivity index is 1.65. The number of aliphatic hydroxyl groups excluding tert-OH is 1. The van der Waals surface area contributed by atoms with E-state index in [-0.39, 0.29) is 43.3 Å². The first-order chi connectivity index (χ1) is 19.7. The quantitative estimate of drug-likeness (QED) is 0.103. The number of hydrogen-bond acceptors (Lipinski definition) is 6. The lowest BCUT2D eigenvalue weighted by molar-refractivity contribution is -0.140. The van der Waals surface area contributed by atoms with E-state index < -0.39 is 12.1 Å². The maximum atomic E-state index is 13.2. The highest BCUT2D eigenvalue weighted by molar-refractivity contribution is 6.10. The number of benzene rings is 2. The molecule has 1 atom stereocenters. The predicted octanol–water partition coefficient (Wildman–Crippen LogP) is 6.52. The minimum atomic E-state index is -1.09. The van der Waals surface area contributed by atoms with Gasteiger partial charge >= 0.3 is 11.9 Å². The SMILES string of the molecule is CCCCCCCCc1ccc(OCC(O)Cn2c(C)c(C(=O)CCCC(=O)OC)c3cc(C(=O)O)ccc32)cc1. The van der Waals surface area contributed by atoms with Gasteiger partial charge in [-0.2, -0.15) is 0 Å². The fourth-order valence-electron chi connectivity index (χ4n) is 5.14. The van der Waals surface area contributed by atoms with Crippen molar-refractivity contribution in [2.45, 2.75) is 90.7 Å². The van der Waals surface area contributed by atoms with E-state index in [0.717, 1.165) is 6.42 Å². The standard InChI is InChI=1S/C33H43NO7/c1-4-5-6-7-8-9-11-24-14-17-27(18-15-24)41-22-26(35)21-34-23(2)32(30(36)12-10-13-31(37)40-3)28-20-25(33(38)39)16-19-29(28)34/h14-20,26,35H,4-13,21-22H2,1-3H3,(H,38,39). The molecule has 0 bridgehead atoms. The molecule has 0 saturated carbocycles. The zero-order valence-electron chi connectivity index (χ0n) is 24.5. The number of aliphatic hydroxyl groups is 1. The number of rotatable bonds is 18. The molecule has 0 aliphatic rings. The lowest BCUT2D eigenvalue weighted by atomic mass is 10.0. The van der Waals surface area contributed by atoms with E-state index in [1.807, 2.05) is 16.7 Å². The maximum absolute atomic E-state index is 13.2. The summed E-state index contributed by atoms with van der Waals surface area (Å²) >= 11 is 0. The third-order valence-corrected chi connectivity index (χ3v) is 7.44. The van der Waals surface area contributed by atoms with E-state index in [0.29, 0.717) is 34.3 Å². The van der Waals surface area contributed by atoms with Gasteiger partial charge in [0.05, 0.1) is 19.2 Å². The van der Waals surface area contributed by atoms with Crippen LogP contribution in [-0.2, 0) is 22.5 Å². The Labute approximate surface area is 242 Å². The number of hydrogen-bond donors (Lipinski definition) is 2. The highest BCUT2D eigenvalue weighted by atomic mass is 16.5. The fourth-order valence-corrected chi connectivity index (χ4v) is 5.14. The lowest BCUT2D eigenvalue weighted by Crippen LogP contribution is -2.24. The first kappa shape index (κ1) is 31.9. The molecule has 1 unspecified atom stereocenters. The molecule has 0 amide bonds. The molecule has 0 aliphatic heterocycles. The molecule has 0 saturated heterocycles. The predicted molar refractivity (Wildman–Crippen MR) is 159 cm³/mol. The van der Waals surface area contributed by atoms with E-state index in [4.69, 9.17) is 4.74 Å². The molecule has 0 spiro atoms. The normalized spacial score (nSPS) is 11.9. The van der Waals surface area contributed by atoms with Gasteiger partial charge in [0.25, 0.3) is 0 Å². The van der Waals surface area contributed by atoms with E-state index >= 15 is 0 Å². The highest BCUT2D eigenvalue weighted by Crippen LogP contribution is 2.29. The van der Waals surface area contributed by atoms with Crippen LogP contribution in [0.5, 0.6) is 5.75 Å². The number of methoxy groups -OCH3 is 1. The first-order valence-corrected chi connectivity index (χ1v) is 14.6. The topological polar surface area (TPSA) is 115 Å². The van der Waals surface area contributed by atoms with Crippen LogP contribution in [0.2, 0.25) is 0 Å². The molecule has 2 N–H and O–H groups in total. The fraction of sp³-hybridized carbons (Fsp3) is 0.485. The Morgan fingerprint density at radius 1 is 0.927 bits per heavy atom. The summed E-state index contributed by atoms with van der Waals surface area (Å²) in [6, 6.07) is 12.6. The highest BCUT2D eigenvalue weighted by Gasteiger charge is 2.23. The number of nitrogens with zero attached hydrogens (tertiary/aromatic N) is 1. The number of Topliss-reactive ketones (excluding diaryl/α,β-unsaturated/α-hetero) is 1. The van der Waals surface area contributed by atoms with Crippen LogP contribution in [0.1, 0.15) is 96.7 Å². The molecule has 222 valence electrons. The van der Waals surface area contributed by atoms with Gasteiger partial charge in [-0.1, -0.05) is 51.2 Å². The number of carbonyl (C=O) groups is 3. The summed E-state index contributed by atoms with van der Waals surface area (Å²) in [5.41, 5.74) is 3.03. The number of ether oxygens (including phenoxy) is 2. The van der Waals surface area contributed by atoms with Crippen LogP contribution >= 0.6 is 0 Å². The van der Waals surface area contributed by atoms with Gasteiger partial charge in [0.15, 0.2) is 5.78 Å². The van der Waals surface area contributed by atoms with Crippen molar-refractivity contribution < 1.29 is 34.1 Å². The summed E-state index contributed by atoms with van der Waals surface area (Å²) in [7, 11) is 1.30. The lowest BCUT2D eigenvalue weighted by Gasteiger charge is -2.16. The molecule has 41 heavy (non-hydrogen) atoms. The van der Waals surface area contributed by atoms with E-state index in [1.54, 1.807) is 13.0 Å². The van der Waals surface area contributed by atoms with Gasteiger partial charge < -0.3 is 24.3 Å². The Kier molecular flexibility index (Phi) is 12.4. The molecule has 3 rings (SSSR count). The van der Waals surface area contributed by atoms with E-state index in [2.05, 4.69) is 23.8 Å². The van der Waals surface area contributed by atoms with Gasteiger partial charge in [-0.25, -0.2) is 4.79 Å². The number of carbonyl (C=O) groups excluding carboxylic acids is 2. The minimum absolute atomic E-state index is 0.0610. The number of aromatic nitrogens is 1. The Morgan fingerprint density at radius 3 is 2.32 bits per heavy atom. The van der Waals surface area contributed by atoms with Gasteiger partial charge in [-0.05, 0) is 62.1 Å². The molecule has 0 radical (unpaired) electrons. The minimum Gasteiger partial charge on any atom is -0.491 e. The zero-order chi connectivity index (χ0) is 29.8. The van der Waals surface area contributed by atoms with Crippen LogP contribution in [0.25, 0.3) is 10.9 Å². The second kappa shape index (κ2) is 16.0. The number of aryl methyl sites for hydroxylation is 1. The van der Waals surface area contributed by atoms with Crippen LogP contribution in [0.3, 0.4) is 0 Å². The number of esters is 1. The van der Waals surface area contributed by atoms with Crippen molar-refractivity contribution in [1.82, 2.24) is 4.57 Å². The molecule has 1 aromatic heterocycles. The van der Waals surface area contributed by atoms with Crippen LogP contribution in [0, 0.1) is 6.92 Å². The third kappa shape index (κ3) is 9.18. The van der Waals surface area contributed by atoms with Gasteiger partial charge in [0.2, 0.25) is 0 Å². The number of ketones is 1. The van der Waals surface area contributed by atoms with Gasteiger partial charge in [-0.3, -0.25) is 9.59 Å². The maximum Gasteiger partial charge on any atom is 0.335 e. The van der Waals surface area contributed by atoms with Crippen molar-refractivity contribution in [1.29, 1.82) is 0 Å². The second-order valence-corrected chi connectivity index (χ2v) is 10.6. The summed E-state index contributed by atoms with van der Waals surface area (Å²) in [6.07, 6.45) is 8.32. The molecule has 0 fully saturated rings. The van der Waals surface area contributed by atoms with Gasteiger partial charge in [-0.15, -0.1) is 0 Å². The van der Waals surface area contributed by atoms with Crippen molar-refractivity contribution in [3.63, 3.8) is 0 Å². The Hall–Kier alpha value is -3.65. The molecule has 2 aromatic carbocycles. The van der Waals surface area contributed by atoms with Crippen LogP contribution in [-0.4, -0.2) is 52.3 Å². The van der Waals surface area contributed by atoms with E-state index in [1.165, 1.54) is 63.3 Å². The number of carboxylic acid groups (broad SMARTS) is 1. The average Bonchev–Trinajstić information content (AvgIpc) is 3.24. The molecular weight excluding hydrogens is 522 g/mol. The Morgan fingerprint density at radius 2 is 1.63 bits per heavy atom. The Bertz CT molecular complexity index is 1310. The first-order valence-electron chi connectivity index (χ1n) is 14.6. The molecule has 1 heterocycles. The van der Waals surface area contributed by atoms with Crippen molar-refractivity contribution in [3.05, 3.63) is 64.8 Å². The summed E-state index contributed by atoms with van der Waals surface area (Å²) in [5.74, 6) is -0.990. The average molecular weight is 566 g/mol. The number of fused-ring (bicyclic) bond motifs is 1. The molecule has 0 aliphatic carbocycles. The molecule has 3 aromatic rings. The van der Waals surface area contributed by atoms with Crippen LogP contribution in [0.15, 0.2) is 42.5 Å². The van der Waals surface area contributed by atoms with Crippen molar-refractivity contribution >= 4 is 28.6 Å². The summed E-state index contributed by atoms with van der Waals surface area (Å²) in [6.45, 7) is 4.23. The van der Waals surface area contributed by atoms with Gasteiger partial charge in [0, 0.05) is 35.0 Å². The van der Waals surface area contributed by atoms with Crippen molar-refractivity contribution in [2.75, 3.05) is 13.7 Å². The molecule has 8 heteroatoms. The monoisotopic (exact) mass is 565 g/mol. The third-order valence-electron chi connectivity index (χ3n) is 7.44. The van der Waals surface area contributed by atoms with Crippen LogP contribution in [0.4, 0.5) is 0 Å². The summed E-state index contributed by atoms with van der Waals surface area (Å²) in [4.78, 5) is 36.3. The van der Waals surface area contributed by atoms with Crippen LogP contribution < -0.4 is 4.74 Å². The summed E-state index contributed by atoms with van der Waals surface area (Å²) in [5, 5.41) is 20.9. The molecular formula is C33H43NO7. The van der Waals surface area contributed by atoms with E-state index in [9.17, 15) is 24.6 Å². The number of unbranched alkanes of at least 4 members (excludes halogenated alkanes) is 5. The smallest absolute Gasteiger partial charge is 0.335 e. The molecule has 8 nitrogen and oxygen atoms in total. The van der Waals surface area contributed by atoms with Crippen molar-refractivity contribution in [2.24, 2.45) is 0 Å². The zero-order valence-corrected chi connectivity index (χ0v) is 24.5. The largest absolute Gasteiger partial charge is 0.491 e.